The summed E-state index contributed by atoms with van der Waals surface area (Å²) in [6, 6.07) is 7.01. The lowest BCUT2D eigenvalue weighted by atomic mass is 10.1. The van der Waals surface area contributed by atoms with Gasteiger partial charge in [-0.15, -0.1) is 0 Å². The molecule has 1 aromatic carbocycles. The van der Waals surface area contributed by atoms with Crippen LogP contribution in [0.15, 0.2) is 28.8 Å². The lowest BCUT2D eigenvalue weighted by molar-refractivity contribution is 0.0601. The smallest absolute Gasteiger partial charge is 0.337 e. The summed E-state index contributed by atoms with van der Waals surface area (Å²) < 4.78 is 10.0. The Morgan fingerprint density at radius 3 is 2.52 bits per heavy atom. The summed E-state index contributed by atoms with van der Waals surface area (Å²) in [7, 11) is 5.31. The fraction of sp³-hybridized carbons (Fsp3) is 0.400. The molecule has 0 bridgehead atoms. The van der Waals surface area contributed by atoms with Crippen LogP contribution in [0.25, 0.3) is 11.4 Å². The van der Waals surface area contributed by atoms with E-state index in [0.29, 0.717) is 17.3 Å². The summed E-state index contributed by atoms with van der Waals surface area (Å²) in [6.45, 7) is 2.07. The van der Waals surface area contributed by atoms with Gasteiger partial charge in [0.15, 0.2) is 0 Å². The molecule has 0 aliphatic carbocycles. The van der Waals surface area contributed by atoms with Gasteiger partial charge in [-0.25, -0.2) is 4.79 Å². The minimum absolute atomic E-state index is 0.0978. The maximum absolute atomic E-state index is 11.4. The Hall–Kier alpha value is -2.21. The number of hydrogen-bond donors (Lipinski definition) is 0. The number of methoxy groups -OCH3 is 1. The molecule has 0 saturated carbocycles. The van der Waals surface area contributed by atoms with Gasteiger partial charge < -0.3 is 9.26 Å². The number of nitrogens with zero attached hydrogens (tertiary/aromatic N) is 3. The van der Waals surface area contributed by atoms with Crippen molar-refractivity contribution < 1.29 is 14.1 Å². The Kier molecular flexibility index (Phi) is 4.70. The summed E-state index contributed by atoms with van der Waals surface area (Å²) in [6.07, 6.45) is 0.885. The topological polar surface area (TPSA) is 68.5 Å². The Morgan fingerprint density at radius 1 is 1.33 bits per heavy atom. The van der Waals surface area contributed by atoms with E-state index in [1.54, 1.807) is 24.3 Å². The first-order chi connectivity index (χ1) is 10.1. The minimum atomic E-state index is -0.367. The van der Waals surface area contributed by atoms with Gasteiger partial charge in [-0.3, -0.25) is 4.90 Å². The third kappa shape index (κ3) is 3.28. The van der Waals surface area contributed by atoms with Crippen molar-refractivity contribution in [3.05, 3.63) is 35.7 Å². The fourth-order valence-electron chi connectivity index (χ4n) is 2.12. The number of carbonyl (C=O) groups excluding carboxylic acids is 1. The predicted octanol–water partition coefficient (Wildman–Crippen LogP) is 2.54. The minimum Gasteiger partial charge on any atom is -0.465 e. The molecule has 1 atom stereocenters. The summed E-state index contributed by atoms with van der Waals surface area (Å²) in [5.41, 5.74) is 1.29. The first-order valence-corrected chi connectivity index (χ1v) is 6.75. The van der Waals surface area contributed by atoms with Gasteiger partial charge in [-0.05, 0) is 32.6 Å². The average Bonchev–Trinajstić information content (AvgIpc) is 2.96. The van der Waals surface area contributed by atoms with Crippen molar-refractivity contribution in [3.8, 4) is 11.4 Å². The second kappa shape index (κ2) is 6.49. The van der Waals surface area contributed by atoms with E-state index >= 15 is 0 Å². The van der Waals surface area contributed by atoms with Crippen LogP contribution in [0.5, 0.6) is 0 Å². The molecule has 0 aliphatic heterocycles. The third-order valence-electron chi connectivity index (χ3n) is 3.30. The SMILES string of the molecule is CC[C@H](c1nc(-c2ccc(C(=O)OC)cc2)no1)N(C)C. The summed E-state index contributed by atoms with van der Waals surface area (Å²) in [5, 5.41) is 4.00. The van der Waals surface area contributed by atoms with Gasteiger partial charge in [0, 0.05) is 5.56 Å². The molecule has 1 aromatic heterocycles. The Labute approximate surface area is 123 Å². The average molecular weight is 289 g/mol. The monoisotopic (exact) mass is 289 g/mol. The molecular weight excluding hydrogens is 270 g/mol. The second-order valence-electron chi connectivity index (χ2n) is 4.91. The number of aromatic nitrogens is 2. The van der Waals surface area contributed by atoms with Crippen LogP contribution in [0.1, 0.15) is 35.6 Å². The fourth-order valence-corrected chi connectivity index (χ4v) is 2.12. The molecule has 0 amide bonds. The van der Waals surface area contributed by atoms with Gasteiger partial charge in [-0.1, -0.05) is 24.2 Å². The second-order valence-corrected chi connectivity index (χ2v) is 4.91. The highest BCUT2D eigenvalue weighted by atomic mass is 16.5. The van der Waals surface area contributed by atoms with Crippen LogP contribution in [0.4, 0.5) is 0 Å². The normalized spacial score (nSPS) is 12.4. The summed E-state index contributed by atoms with van der Waals surface area (Å²) in [4.78, 5) is 17.9. The highest BCUT2D eigenvalue weighted by Crippen LogP contribution is 2.23. The van der Waals surface area contributed by atoms with Gasteiger partial charge in [-0.2, -0.15) is 4.98 Å². The van der Waals surface area contributed by atoms with Crippen molar-refractivity contribution in [2.24, 2.45) is 0 Å². The number of carbonyl (C=O) groups is 1. The van der Waals surface area contributed by atoms with Crippen molar-refractivity contribution in [3.63, 3.8) is 0 Å². The van der Waals surface area contributed by atoms with Crippen molar-refractivity contribution in [2.45, 2.75) is 19.4 Å². The molecule has 1 heterocycles. The Morgan fingerprint density at radius 2 is 2.00 bits per heavy atom. The number of rotatable bonds is 5. The van der Waals surface area contributed by atoms with E-state index in [-0.39, 0.29) is 12.0 Å². The van der Waals surface area contributed by atoms with Crippen LogP contribution in [-0.4, -0.2) is 42.2 Å². The quantitative estimate of drug-likeness (QED) is 0.788. The van der Waals surface area contributed by atoms with E-state index in [4.69, 9.17) is 4.52 Å². The molecule has 2 rings (SSSR count). The molecule has 0 fully saturated rings. The first kappa shape index (κ1) is 15.2. The molecule has 6 nitrogen and oxygen atoms in total. The predicted molar refractivity (Wildman–Crippen MR) is 77.8 cm³/mol. The molecule has 2 aromatic rings. The van der Waals surface area contributed by atoms with Gasteiger partial charge in [0.1, 0.15) is 0 Å². The lowest BCUT2D eigenvalue weighted by Crippen LogP contribution is -2.19. The molecular formula is C15H19N3O3. The molecule has 112 valence electrons. The van der Waals surface area contributed by atoms with Crippen LogP contribution in [0.3, 0.4) is 0 Å². The maximum atomic E-state index is 11.4. The van der Waals surface area contributed by atoms with E-state index in [0.717, 1.165) is 12.0 Å². The highest BCUT2D eigenvalue weighted by Gasteiger charge is 2.19. The van der Waals surface area contributed by atoms with Gasteiger partial charge in [0.05, 0.1) is 18.7 Å². The van der Waals surface area contributed by atoms with E-state index < -0.39 is 0 Å². The van der Waals surface area contributed by atoms with Crippen molar-refractivity contribution in [1.29, 1.82) is 0 Å². The van der Waals surface area contributed by atoms with Crippen LogP contribution >= 0.6 is 0 Å². The molecule has 0 N–H and O–H groups in total. The van der Waals surface area contributed by atoms with Crippen molar-refractivity contribution in [1.82, 2.24) is 15.0 Å². The molecule has 0 radical (unpaired) electrons. The maximum Gasteiger partial charge on any atom is 0.337 e. The van der Waals surface area contributed by atoms with E-state index in [1.165, 1.54) is 7.11 Å². The van der Waals surface area contributed by atoms with Crippen LogP contribution in [0, 0.1) is 0 Å². The zero-order chi connectivity index (χ0) is 15.4. The van der Waals surface area contributed by atoms with Gasteiger partial charge in [0.2, 0.25) is 11.7 Å². The third-order valence-corrected chi connectivity index (χ3v) is 3.30. The Bertz CT molecular complexity index is 605. The number of benzene rings is 1. The molecule has 0 spiro atoms. The van der Waals surface area contributed by atoms with Gasteiger partial charge in [0.25, 0.3) is 0 Å². The van der Waals surface area contributed by atoms with Gasteiger partial charge >= 0.3 is 5.97 Å². The lowest BCUT2D eigenvalue weighted by Gasteiger charge is -2.18. The Balaban J connectivity index is 2.23. The summed E-state index contributed by atoms with van der Waals surface area (Å²) in [5.74, 6) is 0.741. The van der Waals surface area contributed by atoms with Crippen LogP contribution in [0.2, 0.25) is 0 Å². The zero-order valence-corrected chi connectivity index (χ0v) is 12.7. The standard InChI is InChI=1S/C15H19N3O3/c1-5-12(18(2)3)14-16-13(17-21-14)10-6-8-11(9-7-10)15(19)20-4/h6-9,12H,5H2,1-4H3/t12-/m1/s1. The first-order valence-electron chi connectivity index (χ1n) is 6.75. The molecule has 0 unspecified atom stereocenters. The largest absolute Gasteiger partial charge is 0.465 e. The number of ether oxygens (including phenoxy) is 1. The molecule has 6 heteroatoms. The zero-order valence-electron chi connectivity index (χ0n) is 12.7. The van der Waals surface area contributed by atoms with Crippen molar-refractivity contribution >= 4 is 5.97 Å². The van der Waals surface area contributed by atoms with Crippen LogP contribution in [-0.2, 0) is 4.74 Å². The van der Waals surface area contributed by atoms with Crippen molar-refractivity contribution in [2.75, 3.05) is 21.2 Å². The number of hydrogen-bond acceptors (Lipinski definition) is 6. The van der Waals surface area contributed by atoms with E-state index in [9.17, 15) is 4.79 Å². The molecule has 21 heavy (non-hydrogen) atoms. The highest BCUT2D eigenvalue weighted by molar-refractivity contribution is 5.89. The number of esters is 1. The molecule has 0 aliphatic rings. The van der Waals surface area contributed by atoms with Crippen LogP contribution < -0.4 is 0 Å². The van der Waals surface area contributed by atoms with E-state index in [1.807, 2.05) is 19.0 Å². The van der Waals surface area contributed by atoms with E-state index in [2.05, 4.69) is 21.8 Å². The molecule has 0 saturated heterocycles. The summed E-state index contributed by atoms with van der Waals surface area (Å²) >= 11 is 0.